The van der Waals surface area contributed by atoms with E-state index in [4.69, 9.17) is 4.74 Å². The van der Waals surface area contributed by atoms with Crippen molar-refractivity contribution in [3.05, 3.63) is 34.3 Å². The SMILES string of the molecule is CN(CC(=O)N1CCOCC1)Cc1ccc(Br)cc1. The first kappa shape index (κ1) is 14.5. The first-order valence-corrected chi connectivity index (χ1v) is 7.23. The number of amides is 1. The Morgan fingerprint density at radius 2 is 1.95 bits per heavy atom. The van der Waals surface area contributed by atoms with E-state index in [9.17, 15) is 4.79 Å². The van der Waals surface area contributed by atoms with Crippen molar-refractivity contribution in [1.29, 1.82) is 0 Å². The van der Waals surface area contributed by atoms with Gasteiger partial charge in [-0.25, -0.2) is 0 Å². The molecule has 0 aliphatic carbocycles. The van der Waals surface area contributed by atoms with E-state index in [2.05, 4.69) is 28.1 Å². The first-order valence-electron chi connectivity index (χ1n) is 6.43. The Morgan fingerprint density at radius 3 is 2.58 bits per heavy atom. The van der Waals surface area contributed by atoms with Crippen molar-refractivity contribution in [3.63, 3.8) is 0 Å². The lowest BCUT2D eigenvalue weighted by Gasteiger charge is -2.28. The fourth-order valence-corrected chi connectivity index (χ4v) is 2.37. The van der Waals surface area contributed by atoms with Gasteiger partial charge in [0, 0.05) is 24.1 Å². The Hall–Kier alpha value is -0.910. The van der Waals surface area contributed by atoms with Gasteiger partial charge in [0.25, 0.3) is 0 Å². The highest BCUT2D eigenvalue weighted by molar-refractivity contribution is 9.10. The minimum Gasteiger partial charge on any atom is -0.378 e. The Labute approximate surface area is 122 Å². The summed E-state index contributed by atoms with van der Waals surface area (Å²) < 4.78 is 6.32. The van der Waals surface area contributed by atoms with Crippen LogP contribution >= 0.6 is 15.9 Å². The van der Waals surface area contributed by atoms with E-state index in [0.717, 1.165) is 11.0 Å². The van der Waals surface area contributed by atoms with Crippen LogP contribution in [0.5, 0.6) is 0 Å². The van der Waals surface area contributed by atoms with E-state index in [-0.39, 0.29) is 5.91 Å². The highest BCUT2D eigenvalue weighted by Gasteiger charge is 2.17. The standard InChI is InChI=1S/C14H19BrN2O2/c1-16(10-12-2-4-13(15)5-3-12)11-14(18)17-6-8-19-9-7-17/h2-5H,6-11H2,1H3. The number of ether oxygens (including phenoxy) is 1. The molecule has 1 aliphatic heterocycles. The van der Waals surface area contributed by atoms with Crippen LogP contribution in [0.4, 0.5) is 0 Å². The fraction of sp³-hybridized carbons (Fsp3) is 0.500. The van der Waals surface area contributed by atoms with Crippen LogP contribution in [0, 0.1) is 0 Å². The molecule has 0 unspecified atom stereocenters. The smallest absolute Gasteiger partial charge is 0.236 e. The molecule has 1 aliphatic rings. The van der Waals surface area contributed by atoms with Crippen molar-refractivity contribution in [1.82, 2.24) is 9.80 Å². The van der Waals surface area contributed by atoms with Gasteiger partial charge in [0.15, 0.2) is 0 Å². The molecule has 0 spiro atoms. The van der Waals surface area contributed by atoms with Crippen molar-refractivity contribution in [2.24, 2.45) is 0 Å². The van der Waals surface area contributed by atoms with Crippen LogP contribution in [-0.2, 0) is 16.1 Å². The maximum atomic E-state index is 12.1. The van der Waals surface area contributed by atoms with Crippen LogP contribution in [0.3, 0.4) is 0 Å². The molecule has 104 valence electrons. The number of hydrogen-bond donors (Lipinski definition) is 0. The highest BCUT2D eigenvalue weighted by Crippen LogP contribution is 2.11. The van der Waals surface area contributed by atoms with Crippen molar-refractivity contribution in [2.75, 3.05) is 39.9 Å². The molecule has 1 aromatic carbocycles. The van der Waals surface area contributed by atoms with Crippen LogP contribution in [0.25, 0.3) is 0 Å². The second-order valence-corrected chi connectivity index (χ2v) is 5.71. The number of hydrogen-bond acceptors (Lipinski definition) is 3. The molecule has 0 radical (unpaired) electrons. The summed E-state index contributed by atoms with van der Waals surface area (Å²) in [5, 5.41) is 0. The van der Waals surface area contributed by atoms with Crippen LogP contribution in [-0.4, -0.2) is 55.6 Å². The summed E-state index contributed by atoms with van der Waals surface area (Å²) in [7, 11) is 1.97. The van der Waals surface area contributed by atoms with Crippen molar-refractivity contribution in [3.8, 4) is 0 Å². The Bertz CT molecular complexity index is 416. The van der Waals surface area contributed by atoms with E-state index < -0.39 is 0 Å². The monoisotopic (exact) mass is 326 g/mol. The van der Waals surface area contributed by atoms with Crippen molar-refractivity contribution in [2.45, 2.75) is 6.54 Å². The van der Waals surface area contributed by atoms with Crippen molar-refractivity contribution < 1.29 is 9.53 Å². The minimum absolute atomic E-state index is 0.183. The third-order valence-corrected chi connectivity index (χ3v) is 3.66. The number of morpholine rings is 1. The first-order chi connectivity index (χ1) is 9.15. The number of likely N-dealkylation sites (N-methyl/N-ethyl adjacent to an activating group) is 1. The molecule has 0 bridgehead atoms. The van der Waals surface area contributed by atoms with Gasteiger partial charge in [0.1, 0.15) is 0 Å². The summed E-state index contributed by atoms with van der Waals surface area (Å²) in [4.78, 5) is 16.0. The highest BCUT2D eigenvalue weighted by atomic mass is 79.9. The zero-order valence-electron chi connectivity index (χ0n) is 11.1. The van der Waals surface area contributed by atoms with Gasteiger partial charge in [-0.05, 0) is 24.7 Å². The van der Waals surface area contributed by atoms with Crippen LogP contribution in [0.15, 0.2) is 28.7 Å². The van der Waals surface area contributed by atoms with Crippen LogP contribution < -0.4 is 0 Å². The lowest BCUT2D eigenvalue weighted by atomic mass is 10.2. The maximum Gasteiger partial charge on any atom is 0.236 e. The van der Waals surface area contributed by atoms with E-state index in [1.165, 1.54) is 5.56 Å². The molecule has 19 heavy (non-hydrogen) atoms. The van der Waals surface area contributed by atoms with Gasteiger partial charge in [-0.3, -0.25) is 9.69 Å². The van der Waals surface area contributed by atoms with Gasteiger partial charge < -0.3 is 9.64 Å². The number of carbonyl (C=O) groups excluding carboxylic acids is 1. The van der Waals surface area contributed by atoms with Crippen molar-refractivity contribution >= 4 is 21.8 Å². The van der Waals surface area contributed by atoms with Gasteiger partial charge in [0.2, 0.25) is 5.91 Å². The largest absolute Gasteiger partial charge is 0.378 e. The molecule has 1 fully saturated rings. The third-order valence-electron chi connectivity index (χ3n) is 3.13. The van der Waals surface area contributed by atoms with Gasteiger partial charge in [-0.15, -0.1) is 0 Å². The summed E-state index contributed by atoms with van der Waals surface area (Å²) >= 11 is 3.42. The molecule has 5 heteroatoms. The van der Waals surface area contributed by atoms with Gasteiger partial charge >= 0.3 is 0 Å². The fourth-order valence-electron chi connectivity index (χ4n) is 2.10. The van der Waals surface area contributed by atoms with E-state index in [1.54, 1.807) is 0 Å². The molecule has 1 aromatic rings. The van der Waals surface area contributed by atoms with Crippen LogP contribution in [0.1, 0.15) is 5.56 Å². The third kappa shape index (κ3) is 4.60. The van der Waals surface area contributed by atoms with Gasteiger partial charge in [0.05, 0.1) is 19.8 Å². The number of nitrogens with zero attached hydrogens (tertiary/aromatic N) is 2. The number of carbonyl (C=O) groups is 1. The van der Waals surface area contributed by atoms with Gasteiger partial charge in [-0.1, -0.05) is 28.1 Å². The molecule has 1 heterocycles. The Kier molecular flexibility index (Phi) is 5.36. The molecule has 0 saturated carbocycles. The molecule has 2 rings (SSSR count). The van der Waals surface area contributed by atoms with Gasteiger partial charge in [-0.2, -0.15) is 0 Å². The number of rotatable bonds is 4. The molecule has 1 amide bonds. The Balaban J connectivity index is 1.81. The molecule has 0 aromatic heterocycles. The summed E-state index contributed by atoms with van der Waals surface area (Å²) in [6.45, 7) is 3.97. The lowest BCUT2D eigenvalue weighted by Crippen LogP contribution is -2.44. The van der Waals surface area contributed by atoms with E-state index in [0.29, 0.717) is 32.8 Å². The minimum atomic E-state index is 0.183. The average molecular weight is 327 g/mol. The molecule has 0 N–H and O–H groups in total. The normalized spacial score (nSPS) is 15.8. The molecule has 4 nitrogen and oxygen atoms in total. The predicted octanol–water partition coefficient (Wildman–Crippen LogP) is 1.74. The van der Waals surface area contributed by atoms with E-state index in [1.807, 2.05) is 29.0 Å². The zero-order valence-corrected chi connectivity index (χ0v) is 12.7. The molecule has 0 atom stereocenters. The molecule has 1 saturated heterocycles. The second-order valence-electron chi connectivity index (χ2n) is 4.79. The average Bonchev–Trinajstić information content (AvgIpc) is 2.42. The summed E-state index contributed by atoms with van der Waals surface area (Å²) in [6.07, 6.45) is 0. The summed E-state index contributed by atoms with van der Waals surface area (Å²) in [5.41, 5.74) is 1.21. The quantitative estimate of drug-likeness (QED) is 0.845. The molecular weight excluding hydrogens is 308 g/mol. The van der Waals surface area contributed by atoms with Crippen LogP contribution in [0.2, 0.25) is 0 Å². The Morgan fingerprint density at radius 1 is 1.32 bits per heavy atom. The zero-order chi connectivity index (χ0) is 13.7. The maximum absolute atomic E-state index is 12.1. The second kappa shape index (κ2) is 7.03. The van der Waals surface area contributed by atoms with E-state index >= 15 is 0 Å². The topological polar surface area (TPSA) is 32.8 Å². The number of benzene rings is 1. The predicted molar refractivity (Wildman–Crippen MR) is 77.9 cm³/mol. The molecular formula is C14H19BrN2O2. The number of halogens is 1. The summed E-state index contributed by atoms with van der Waals surface area (Å²) in [6, 6.07) is 8.18. The summed E-state index contributed by atoms with van der Waals surface area (Å²) in [5.74, 6) is 0.183. The lowest BCUT2D eigenvalue weighted by molar-refractivity contribution is -0.136.